The average molecular weight is 373 g/mol. The number of benzene rings is 3. The molecule has 0 spiro atoms. The van der Waals surface area contributed by atoms with Crippen LogP contribution in [0.25, 0.3) is 0 Å². The fraction of sp³-hybridized carbons (Fsp3) is 0.100. The molecule has 0 aromatic heterocycles. The summed E-state index contributed by atoms with van der Waals surface area (Å²) in [6.07, 6.45) is 0. The lowest BCUT2D eigenvalue weighted by Gasteiger charge is -2.25. The van der Waals surface area contributed by atoms with E-state index in [4.69, 9.17) is 0 Å². The summed E-state index contributed by atoms with van der Waals surface area (Å²) in [5.74, 6) is -1.42. The van der Waals surface area contributed by atoms with Crippen molar-refractivity contribution in [3.8, 4) is 0 Å². The van der Waals surface area contributed by atoms with Crippen LogP contribution in [0.1, 0.15) is 11.1 Å². The van der Waals surface area contributed by atoms with Gasteiger partial charge in [0.1, 0.15) is 16.5 Å². The highest BCUT2D eigenvalue weighted by molar-refractivity contribution is 7.92. The van der Waals surface area contributed by atoms with Crippen LogP contribution in [0, 0.1) is 18.6 Å². The second kappa shape index (κ2) is 7.25. The third-order valence-corrected chi connectivity index (χ3v) is 5.72. The van der Waals surface area contributed by atoms with Crippen molar-refractivity contribution < 1.29 is 17.2 Å². The molecule has 26 heavy (non-hydrogen) atoms. The Morgan fingerprint density at radius 3 is 2.31 bits per heavy atom. The molecule has 134 valence electrons. The van der Waals surface area contributed by atoms with Crippen LogP contribution in [0.4, 0.5) is 14.5 Å². The second-order valence-electron chi connectivity index (χ2n) is 5.91. The molecular weight excluding hydrogens is 356 g/mol. The van der Waals surface area contributed by atoms with Gasteiger partial charge in [0.15, 0.2) is 0 Å². The van der Waals surface area contributed by atoms with E-state index in [1.165, 1.54) is 36.4 Å². The van der Waals surface area contributed by atoms with E-state index in [2.05, 4.69) is 0 Å². The summed E-state index contributed by atoms with van der Waals surface area (Å²) in [5, 5.41) is 0. The van der Waals surface area contributed by atoms with Crippen molar-refractivity contribution in [1.82, 2.24) is 0 Å². The summed E-state index contributed by atoms with van der Waals surface area (Å²) >= 11 is 0. The molecule has 0 heterocycles. The topological polar surface area (TPSA) is 37.4 Å². The standard InChI is InChI=1S/C20H17F2NO2S/c1-15-6-4-7-16(12-15)14-23(18-9-5-8-17(21)13-18)26(24,25)20-11-3-2-10-19(20)22/h2-13H,14H2,1H3. The quantitative estimate of drug-likeness (QED) is 0.652. The normalized spacial score (nSPS) is 11.3. The van der Waals surface area contributed by atoms with E-state index in [0.29, 0.717) is 5.56 Å². The van der Waals surface area contributed by atoms with Crippen molar-refractivity contribution in [1.29, 1.82) is 0 Å². The van der Waals surface area contributed by atoms with E-state index in [0.717, 1.165) is 22.0 Å². The second-order valence-corrected chi connectivity index (χ2v) is 7.74. The highest BCUT2D eigenvalue weighted by Gasteiger charge is 2.28. The fourth-order valence-corrected chi connectivity index (χ4v) is 4.21. The van der Waals surface area contributed by atoms with E-state index in [9.17, 15) is 17.2 Å². The predicted octanol–water partition coefficient (Wildman–Crippen LogP) is 4.67. The molecule has 0 saturated carbocycles. The van der Waals surface area contributed by atoms with Crippen molar-refractivity contribution in [2.75, 3.05) is 4.31 Å². The molecule has 3 aromatic carbocycles. The summed E-state index contributed by atoms with van der Waals surface area (Å²) in [5.41, 5.74) is 1.81. The molecule has 0 saturated heterocycles. The Labute approximate surface area is 151 Å². The molecule has 0 fully saturated rings. The van der Waals surface area contributed by atoms with Crippen molar-refractivity contribution >= 4 is 15.7 Å². The lowest BCUT2D eigenvalue weighted by Crippen LogP contribution is -2.31. The van der Waals surface area contributed by atoms with Gasteiger partial charge in [-0.25, -0.2) is 17.2 Å². The van der Waals surface area contributed by atoms with Gasteiger partial charge in [-0.15, -0.1) is 0 Å². The van der Waals surface area contributed by atoms with Crippen LogP contribution < -0.4 is 4.31 Å². The molecule has 6 heteroatoms. The summed E-state index contributed by atoms with van der Waals surface area (Å²) in [7, 11) is -4.22. The van der Waals surface area contributed by atoms with Crippen LogP contribution in [-0.4, -0.2) is 8.42 Å². The maximum absolute atomic E-state index is 14.2. The summed E-state index contributed by atoms with van der Waals surface area (Å²) in [6, 6.07) is 17.7. The van der Waals surface area contributed by atoms with Crippen LogP contribution in [0.5, 0.6) is 0 Å². The zero-order valence-corrected chi connectivity index (χ0v) is 14.9. The SMILES string of the molecule is Cc1cccc(CN(c2cccc(F)c2)S(=O)(=O)c2ccccc2F)c1. The number of halogens is 2. The molecule has 3 rings (SSSR count). The number of hydrogen-bond acceptors (Lipinski definition) is 2. The predicted molar refractivity (Wildman–Crippen MR) is 97.3 cm³/mol. The zero-order chi connectivity index (χ0) is 18.7. The Bertz CT molecular complexity index is 1040. The molecule has 0 atom stereocenters. The maximum Gasteiger partial charge on any atom is 0.267 e. The molecule has 3 nitrogen and oxygen atoms in total. The highest BCUT2D eigenvalue weighted by Crippen LogP contribution is 2.28. The van der Waals surface area contributed by atoms with Crippen molar-refractivity contribution in [3.05, 3.63) is 95.6 Å². The minimum Gasteiger partial charge on any atom is -0.262 e. The van der Waals surface area contributed by atoms with E-state index in [1.807, 2.05) is 25.1 Å². The average Bonchev–Trinajstić information content (AvgIpc) is 2.60. The molecule has 3 aromatic rings. The lowest BCUT2D eigenvalue weighted by molar-refractivity contribution is 0.563. The summed E-state index contributed by atoms with van der Waals surface area (Å²) < 4.78 is 55.1. The third kappa shape index (κ3) is 3.75. The monoisotopic (exact) mass is 373 g/mol. The fourth-order valence-electron chi connectivity index (χ4n) is 2.70. The van der Waals surface area contributed by atoms with Gasteiger partial charge < -0.3 is 0 Å². The van der Waals surface area contributed by atoms with Crippen LogP contribution in [0.3, 0.4) is 0 Å². The van der Waals surface area contributed by atoms with Gasteiger partial charge in [0.2, 0.25) is 0 Å². The van der Waals surface area contributed by atoms with E-state index >= 15 is 0 Å². The zero-order valence-electron chi connectivity index (χ0n) is 14.1. The van der Waals surface area contributed by atoms with Gasteiger partial charge in [-0.2, -0.15) is 0 Å². The minimum absolute atomic E-state index is 0.0399. The van der Waals surface area contributed by atoms with E-state index in [1.54, 1.807) is 6.07 Å². The van der Waals surface area contributed by atoms with Crippen LogP contribution in [0.15, 0.2) is 77.7 Å². The van der Waals surface area contributed by atoms with E-state index in [-0.39, 0.29) is 12.2 Å². The number of sulfonamides is 1. The summed E-state index contributed by atoms with van der Waals surface area (Å²) in [4.78, 5) is -0.447. The van der Waals surface area contributed by atoms with Crippen LogP contribution >= 0.6 is 0 Å². The third-order valence-electron chi connectivity index (χ3n) is 3.91. The molecule has 0 amide bonds. The Balaban J connectivity index is 2.13. The van der Waals surface area contributed by atoms with Gasteiger partial charge in [0.25, 0.3) is 10.0 Å². The minimum atomic E-state index is -4.22. The number of anilines is 1. The smallest absolute Gasteiger partial charge is 0.262 e. The Kier molecular flexibility index (Phi) is 5.04. The van der Waals surface area contributed by atoms with Crippen molar-refractivity contribution in [3.63, 3.8) is 0 Å². The maximum atomic E-state index is 14.2. The summed E-state index contributed by atoms with van der Waals surface area (Å²) in [6.45, 7) is 1.85. The first-order valence-corrected chi connectivity index (χ1v) is 9.40. The van der Waals surface area contributed by atoms with Crippen molar-refractivity contribution in [2.24, 2.45) is 0 Å². The molecule has 0 unspecified atom stereocenters. The molecule has 0 aliphatic heterocycles. The van der Waals surface area contributed by atoms with Crippen LogP contribution in [0.2, 0.25) is 0 Å². The van der Waals surface area contributed by atoms with Gasteiger partial charge in [-0.05, 0) is 42.8 Å². The highest BCUT2D eigenvalue weighted by atomic mass is 32.2. The van der Waals surface area contributed by atoms with Gasteiger partial charge in [-0.3, -0.25) is 4.31 Å². The molecule has 0 N–H and O–H groups in total. The number of hydrogen-bond donors (Lipinski definition) is 0. The van der Waals surface area contributed by atoms with Gasteiger partial charge in [-0.1, -0.05) is 48.0 Å². The number of nitrogens with zero attached hydrogens (tertiary/aromatic N) is 1. The molecule has 0 aliphatic rings. The first-order valence-electron chi connectivity index (χ1n) is 7.96. The van der Waals surface area contributed by atoms with Gasteiger partial charge in [0.05, 0.1) is 12.2 Å². The first-order chi connectivity index (χ1) is 12.4. The molecule has 0 bridgehead atoms. The molecule has 0 radical (unpaired) electrons. The van der Waals surface area contributed by atoms with Crippen LogP contribution in [-0.2, 0) is 16.6 Å². The first kappa shape index (κ1) is 18.1. The largest absolute Gasteiger partial charge is 0.267 e. The van der Waals surface area contributed by atoms with Gasteiger partial charge in [0, 0.05) is 0 Å². The Morgan fingerprint density at radius 1 is 0.885 bits per heavy atom. The van der Waals surface area contributed by atoms with E-state index < -0.39 is 26.6 Å². The molecule has 0 aliphatic carbocycles. The Morgan fingerprint density at radius 2 is 1.62 bits per heavy atom. The van der Waals surface area contributed by atoms with Crippen molar-refractivity contribution in [2.45, 2.75) is 18.4 Å². The Hall–Kier alpha value is -2.73. The lowest BCUT2D eigenvalue weighted by atomic mass is 10.1. The number of rotatable bonds is 5. The van der Waals surface area contributed by atoms with Gasteiger partial charge >= 0.3 is 0 Å². The molecular formula is C20H17F2NO2S. The number of aryl methyl sites for hydroxylation is 1.